The van der Waals surface area contributed by atoms with E-state index < -0.39 is 0 Å². The van der Waals surface area contributed by atoms with E-state index >= 15 is 0 Å². The third-order valence-electron chi connectivity index (χ3n) is 3.96. The number of aryl methyl sites for hydroxylation is 1. The molecule has 0 aliphatic rings. The lowest BCUT2D eigenvalue weighted by Crippen LogP contribution is -3.09. The van der Waals surface area contributed by atoms with Crippen LogP contribution in [0, 0.1) is 6.92 Å². The van der Waals surface area contributed by atoms with Gasteiger partial charge in [0, 0.05) is 10.0 Å². The molecule has 0 aliphatic heterocycles. The molecule has 0 saturated carbocycles. The lowest BCUT2D eigenvalue weighted by molar-refractivity contribution is -0.885. The summed E-state index contributed by atoms with van der Waals surface area (Å²) in [7, 11) is 2.05. The predicted molar refractivity (Wildman–Crippen MR) is 97.3 cm³/mol. The Balaban J connectivity index is 1.86. The summed E-state index contributed by atoms with van der Waals surface area (Å²) in [5, 5.41) is 3.07. The highest BCUT2D eigenvalue weighted by Crippen LogP contribution is 2.16. The topological polar surface area (TPSA) is 33.5 Å². The predicted octanol–water partition coefficient (Wildman–Crippen LogP) is 2.65. The third kappa shape index (κ3) is 5.48. The van der Waals surface area contributed by atoms with Crippen LogP contribution in [0.5, 0.6) is 0 Å². The normalized spacial score (nSPS) is 13.4. The first-order chi connectivity index (χ1) is 11.0. The Kier molecular flexibility index (Phi) is 6.37. The number of halogens is 1. The van der Waals surface area contributed by atoms with Gasteiger partial charge in [-0.2, -0.15) is 0 Å². The van der Waals surface area contributed by atoms with E-state index in [0.29, 0.717) is 6.54 Å². The van der Waals surface area contributed by atoms with Crippen LogP contribution in [0.15, 0.2) is 53.0 Å². The van der Waals surface area contributed by atoms with Gasteiger partial charge in [0.1, 0.15) is 6.54 Å². The van der Waals surface area contributed by atoms with E-state index in [1.54, 1.807) is 0 Å². The summed E-state index contributed by atoms with van der Waals surface area (Å²) in [5.74, 6) is 0.0755. The number of rotatable bonds is 6. The minimum atomic E-state index is 0.0156. The quantitative estimate of drug-likeness (QED) is 0.799. The Hall–Kier alpha value is -1.65. The van der Waals surface area contributed by atoms with E-state index in [2.05, 4.69) is 47.4 Å². The molecule has 0 fully saturated rings. The molecule has 1 unspecified atom stereocenters. The number of amides is 1. The summed E-state index contributed by atoms with van der Waals surface area (Å²) in [6.45, 7) is 5.44. The van der Waals surface area contributed by atoms with Gasteiger partial charge in [0.15, 0.2) is 6.54 Å². The van der Waals surface area contributed by atoms with Crippen LogP contribution in [0.2, 0.25) is 0 Å². The molecular formula is C19H24BrN2O+. The van der Waals surface area contributed by atoms with Gasteiger partial charge in [-0.3, -0.25) is 4.79 Å². The molecule has 23 heavy (non-hydrogen) atoms. The molecule has 0 bridgehead atoms. The van der Waals surface area contributed by atoms with Crippen LogP contribution in [0.4, 0.5) is 0 Å². The summed E-state index contributed by atoms with van der Waals surface area (Å²) in [4.78, 5) is 13.4. The maximum Gasteiger partial charge on any atom is 0.275 e. The molecule has 0 radical (unpaired) electrons. The van der Waals surface area contributed by atoms with Gasteiger partial charge >= 0.3 is 0 Å². The first-order valence-electron chi connectivity index (χ1n) is 7.86. The van der Waals surface area contributed by atoms with Crippen LogP contribution in [-0.4, -0.2) is 19.5 Å². The van der Waals surface area contributed by atoms with Crippen molar-refractivity contribution in [1.29, 1.82) is 0 Å². The van der Waals surface area contributed by atoms with Crippen molar-refractivity contribution >= 4 is 21.8 Å². The highest BCUT2D eigenvalue weighted by atomic mass is 79.9. The first kappa shape index (κ1) is 17.7. The molecule has 2 rings (SSSR count). The molecule has 122 valence electrons. The highest BCUT2D eigenvalue weighted by molar-refractivity contribution is 9.10. The van der Waals surface area contributed by atoms with Crippen molar-refractivity contribution in [1.82, 2.24) is 5.32 Å². The zero-order chi connectivity index (χ0) is 16.8. The van der Waals surface area contributed by atoms with E-state index in [1.807, 2.05) is 43.3 Å². The summed E-state index contributed by atoms with van der Waals surface area (Å²) in [5.41, 5.74) is 3.67. The van der Waals surface area contributed by atoms with Crippen LogP contribution in [0.25, 0.3) is 0 Å². The van der Waals surface area contributed by atoms with E-state index in [4.69, 9.17) is 0 Å². The van der Waals surface area contributed by atoms with Crippen LogP contribution in [-0.2, 0) is 11.3 Å². The molecule has 0 saturated heterocycles. The van der Waals surface area contributed by atoms with Gasteiger partial charge in [-0.05, 0) is 37.1 Å². The molecule has 0 heterocycles. The minimum Gasteiger partial charge on any atom is -0.345 e. The number of hydrogen-bond acceptors (Lipinski definition) is 1. The van der Waals surface area contributed by atoms with E-state index in [-0.39, 0.29) is 11.9 Å². The average Bonchev–Trinajstić information content (AvgIpc) is 2.50. The van der Waals surface area contributed by atoms with Crippen LogP contribution >= 0.6 is 15.9 Å². The first-order valence-corrected chi connectivity index (χ1v) is 8.65. The van der Waals surface area contributed by atoms with Crippen molar-refractivity contribution in [2.45, 2.75) is 26.4 Å². The number of quaternary nitrogens is 1. The molecule has 2 atom stereocenters. The fourth-order valence-electron chi connectivity index (χ4n) is 2.60. The van der Waals surface area contributed by atoms with Crippen molar-refractivity contribution < 1.29 is 9.69 Å². The maximum atomic E-state index is 12.2. The number of carbonyl (C=O) groups is 1. The van der Waals surface area contributed by atoms with Crippen molar-refractivity contribution in [3.05, 3.63) is 69.7 Å². The van der Waals surface area contributed by atoms with E-state index in [9.17, 15) is 4.79 Å². The molecule has 2 N–H and O–H groups in total. The minimum absolute atomic E-state index is 0.0156. The van der Waals surface area contributed by atoms with E-state index in [0.717, 1.165) is 16.6 Å². The van der Waals surface area contributed by atoms with Gasteiger partial charge in [-0.15, -0.1) is 0 Å². The molecule has 2 aromatic rings. The summed E-state index contributed by atoms with van der Waals surface area (Å²) >= 11 is 3.42. The van der Waals surface area contributed by atoms with Gasteiger partial charge < -0.3 is 10.2 Å². The van der Waals surface area contributed by atoms with Crippen LogP contribution < -0.4 is 10.2 Å². The number of likely N-dealkylation sites (N-methyl/N-ethyl adjacent to an activating group) is 1. The Morgan fingerprint density at radius 1 is 1.17 bits per heavy atom. The van der Waals surface area contributed by atoms with Gasteiger partial charge in [0.2, 0.25) is 0 Å². The Labute approximate surface area is 146 Å². The summed E-state index contributed by atoms with van der Waals surface area (Å²) in [6, 6.07) is 16.4. The van der Waals surface area contributed by atoms with Gasteiger partial charge in [-0.25, -0.2) is 0 Å². The van der Waals surface area contributed by atoms with E-state index in [1.165, 1.54) is 16.0 Å². The molecule has 1 amide bonds. The van der Waals surface area contributed by atoms with Crippen LogP contribution in [0.3, 0.4) is 0 Å². The number of nitrogens with one attached hydrogen (secondary N) is 2. The lowest BCUT2D eigenvalue weighted by atomic mass is 10.1. The molecule has 0 aliphatic carbocycles. The van der Waals surface area contributed by atoms with Gasteiger partial charge in [0.05, 0.1) is 13.1 Å². The molecule has 4 heteroatoms. The van der Waals surface area contributed by atoms with Gasteiger partial charge in [0.25, 0.3) is 5.91 Å². The summed E-state index contributed by atoms with van der Waals surface area (Å²) in [6.07, 6.45) is 0. The van der Waals surface area contributed by atoms with Crippen molar-refractivity contribution in [3.63, 3.8) is 0 Å². The fourth-order valence-corrected chi connectivity index (χ4v) is 2.86. The standard InChI is InChI=1S/C19H23BrN2O/c1-14-6-4-5-7-17(14)12-22(3)13-19(23)21-15(2)16-8-10-18(20)11-9-16/h4-11,15H,12-13H2,1-3H3,(H,21,23)/p+1/t15-/m0/s1. The average molecular weight is 376 g/mol. The molecular weight excluding hydrogens is 352 g/mol. The Morgan fingerprint density at radius 2 is 1.83 bits per heavy atom. The molecule has 2 aromatic carbocycles. The zero-order valence-corrected chi connectivity index (χ0v) is 15.5. The highest BCUT2D eigenvalue weighted by Gasteiger charge is 2.14. The molecule has 0 spiro atoms. The molecule has 0 aromatic heterocycles. The number of benzene rings is 2. The smallest absolute Gasteiger partial charge is 0.275 e. The number of hydrogen-bond donors (Lipinski definition) is 2. The second-order valence-electron chi connectivity index (χ2n) is 6.08. The van der Waals surface area contributed by atoms with Crippen molar-refractivity contribution in [3.8, 4) is 0 Å². The van der Waals surface area contributed by atoms with Gasteiger partial charge in [-0.1, -0.05) is 52.3 Å². The largest absolute Gasteiger partial charge is 0.345 e. The van der Waals surface area contributed by atoms with Crippen molar-refractivity contribution in [2.75, 3.05) is 13.6 Å². The third-order valence-corrected chi connectivity index (χ3v) is 4.49. The zero-order valence-electron chi connectivity index (χ0n) is 13.9. The number of carbonyl (C=O) groups excluding carboxylic acids is 1. The SMILES string of the molecule is Cc1ccccc1C[NH+](C)CC(=O)N[C@@H](C)c1ccc(Br)cc1. The Morgan fingerprint density at radius 3 is 2.48 bits per heavy atom. The fraction of sp³-hybridized carbons (Fsp3) is 0.316. The second-order valence-corrected chi connectivity index (χ2v) is 6.99. The summed E-state index contributed by atoms with van der Waals surface area (Å²) < 4.78 is 1.04. The van der Waals surface area contributed by atoms with Crippen molar-refractivity contribution in [2.24, 2.45) is 0 Å². The Bertz CT molecular complexity index is 655. The lowest BCUT2D eigenvalue weighted by Gasteiger charge is -2.18. The molecule has 3 nitrogen and oxygen atoms in total. The van der Waals surface area contributed by atoms with Crippen LogP contribution in [0.1, 0.15) is 29.7 Å². The maximum absolute atomic E-state index is 12.2. The monoisotopic (exact) mass is 375 g/mol. The second kappa shape index (κ2) is 8.27.